The molecule has 2 aromatic heterocycles. The van der Waals surface area contributed by atoms with Crippen LogP contribution in [0.5, 0.6) is 5.75 Å². The lowest BCUT2D eigenvalue weighted by atomic mass is 9.95. The zero-order valence-electron chi connectivity index (χ0n) is 36.5. The van der Waals surface area contributed by atoms with E-state index in [0.717, 1.165) is 39.8 Å². The molecular formula is C47H58N7O8S2-. The number of nitrogens with zero attached hydrogens (tertiary/aromatic N) is 4. The Balaban J connectivity index is 0.000000678. The second-order valence-corrected chi connectivity index (χ2v) is 17.6. The summed E-state index contributed by atoms with van der Waals surface area (Å²) in [5.74, 6) is -1.55. The van der Waals surface area contributed by atoms with Crippen LogP contribution in [0.1, 0.15) is 76.1 Å². The van der Waals surface area contributed by atoms with E-state index in [0.29, 0.717) is 64.3 Å². The van der Waals surface area contributed by atoms with Crippen molar-refractivity contribution in [2.75, 3.05) is 39.9 Å². The van der Waals surface area contributed by atoms with Crippen molar-refractivity contribution in [3.8, 4) is 5.75 Å². The average molecular weight is 913 g/mol. The third-order valence-corrected chi connectivity index (χ3v) is 12.3. The van der Waals surface area contributed by atoms with Gasteiger partial charge in [0.2, 0.25) is 5.91 Å². The van der Waals surface area contributed by atoms with Crippen molar-refractivity contribution in [2.24, 2.45) is 0 Å². The van der Waals surface area contributed by atoms with Crippen molar-refractivity contribution in [2.45, 2.75) is 83.1 Å². The normalized spacial score (nSPS) is 14.0. The van der Waals surface area contributed by atoms with Gasteiger partial charge in [-0.25, -0.2) is 19.4 Å². The number of alkyl carbamates (subject to hydrolysis) is 1. The molecule has 1 aliphatic heterocycles. The molecule has 342 valence electrons. The molecule has 17 heteroatoms. The largest absolute Gasteiger partial charge is 0.872 e. The van der Waals surface area contributed by atoms with Crippen LogP contribution >= 0.6 is 22.7 Å². The van der Waals surface area contributed by atoms with Crippen LogP contribution in [-0.4, -0.2) is 107 Å². The first-order valence-electron chi connectivity index (χ1n) is 21.4. The fourth-order valence-electron chi connectivity index (χ4n) is 6.89. The smallest absolute Gasteiger partial charge is 0.407 e. The van der Waals surface area contributed by atoms with Crippen LogP contribution in [0.3, 0.4) is 0 Å². The van der Waals surface area contributed by atoms with E-state index in [2.05, 4.69) is 44.7 Å². The van der Waals surface area contributed by atoms with Crippen molar-refractivity contribution in [1.29, 1.82) is 0 Å². The Morgan fingerprint density at radius 3 is 2.05 bits per heavy atom. The van der Waals surface area contributed by atoms with Gasteiger partial charge in [0, 0.05) is 56.3 Å². The number of hydrogen-bond donors (Lipinski definition) is 4. The molecule has 3 atom stereocenters. The molecule has 3 aromatic carbocycles. The van der Waals surface area contributed by atoms with Gasteiger partial charge in [-0.15, -0.1) is 22.7 Å². The fraction of sp³-hybridized carbons (Fsp3) is 0.404. The molecule has 3 heterocycles. The van der Waals surface area contributed by atoms with E-state index < -0.39 is 23.9 Å². The van der Waals surface area contributed by atoms with Gasteiger partial charge in [0.05, 0.1) is 46.4 Å². The maximum atomic E-state index is 14.2. The van der Waals surface area contributed by atoms with Gasteiger partial charge < -0.3 is 40.5 Å². The summed E-state index contributed by atoms with van der Waals surface area (Å²) in [5, 5.41) is 31.5. The summed E-state index contributed by atoms with van der Waals surface area (Å²) in [6.45, 7) is 8.19. The minimum absolute atomic E-state index is 0.150. The van der Waals surface area contributed by atoms with Crippen LogP contribution in [0, 0.1) is 0 Å². The Morgan fingerprint density at radius 1 is 0.859 bits per heavy atom. The second-order valence-electron chi connectivity index (χ2n) is 15.8. The molecule has 5 aromatic rings. The molecule has 0 spiro atoms. The van der Waals surface area contributed by atoms with E-state index in [9.17, 15) is 24.3 Å². The quantitative estimate of drug-likeness (QED) is 0.0669. The highest BCUT2D eigenvalue weighted by molar-refractivity contribution is 7.09. The number of carbonyl (C=O) groups excluding carboxylic acids is 3. The number of thiazole rings is 2. The first-order chi connectivity index (χ1) is 30.9. The number of carbonyl (C=O) groups is 4. The number of hydrogen-bond acceptors (Lipinski definition) is 12. The summed E-state index contributed by atoms with van der Waals surface area (Å²) in [6.07, 6.45) is 4.00. The van der Waals surface area contributed by atoms with Crippen molar-refractivity contribution in [3.05, 3.63) is 134 Å². The molecule has 64 heavy (non-hydrogen) atoms. The van der Waals surface area contributed by atoms with Gasteiger partial charge in [-0.3, -0.25) is 14.7 Å². The number of carboxylic acid groups (broad SMARTS) is 1. The van der Waals surface area contributed by atoms with Crippen molar-refractivity contribution in [1.82, 2.24) is 35.7 Å². The summed E-state index contributed by atoms with van der Waals surface area (Å²) in [4.78, 5) is 64.4. The highest BCUT2D eigenvalue weighted by Crippen LogP contribution is 2.20. The van der Waals surface area contributed by atoms with Gasteiger partial charge in [-0.05, 0) is 49.3 Å². The van der Waals surface area contributed by atoms with Gasteiger partial charge in [0.15, 0.2) is 0 Å². The number of nitrogens with one attached hydrogen (secondary N) is 3. The number of rotatable bonds is 20. The van der Waals surface area contributed by atoms with Crippen LogP contribution < -0.4 is 21.1 Å². The number of amides is 4. The lowest BCUT2D eigenvalue weighted by Crippen LogP contribution is -2.54. The van der Waals surface area contributed by atoms with Gasteiger partial charge >= 0.3 is 18.1 Å². The van der Waals surface area contributed by atoms with Gasteiger partial charge in [-0.2, -0.15) is 0 Å². The summed E-state index contributed by atoms with van der Waals surface area (Å²) in [6, 6.07) is 24.0. The SMILES string of the molecule is CC(C)c1nc(CN(C)C(=O)N[C@@H](CCN2CCOCC2)C(=O)N[C@H](CC[C@H](Cc2ccccc2)NC(=O)OCc2cncs2)Cc2ccccc2)cs1.O=C(O)c1ccccc1[O-]. The topological polar surface area (TPSA) is 198 Å². The van der Waals surface area contributed by atoms with Gasteiger partial charge in [0.1, 0.15) is 12.6 Å². The number of carboxylic acids is 1. The van der Waals surface area contributed by atoms with Crippen molar-refractivity contribution in [3.63, 3.8) is 0 Å². The second kappa shape index (κ2) is 26.0. The lowest BCUT2D eigenvalue weighted by Gasteiger charge is -2.30. The first-order valence-corrected chi connectivity index (χ1v) is 23.1. The van der Waals surface area contributed by atoms with Crippen LogP contribution in [0.15, 0.2) is 102 Å². The Bertz CT molecular complexity index is 2170. The Hall–Kier alpha value is -5.88. The zero-order chi connectivity index (χ0) is 45.7. The van der Waals surface area contributed by atoms with E-state index >= 15 is 0 Å². The summed E-state index contributed by atoms with van der Waals surface area (Å²) in [5.41, 5.74) is 4.52. The van der Waals surface area contributed by atoms with Crippen LogP contribution in [0.2, 0.25) is 0 Å². The highest BCUT2D eigenvalue weighted by atomic mass is 32.1. The molecule has 1 fully saturated rings. The van der Waals surface area contributed by atoms with Crippen molar-refractivity contribution < 1.29 is 38.9 Å². The zero-order valence-corrected chi connectivity index (χ0v) is 38.2. The molecule has 6 rings (SSSR count). The molecule has 0 saturated carbocycles. The summed E-state index contributed by atoms with van der Waals surface area (Å²) < 4.78 is 11.1. The first kappa shape index (κ1) is 49.1. The van der Waals surface area contributed by atoms with E-state index in [1.807, 2.05) is 66.0 Å². The molecule has 0 aliphatic carbocycles. The number of para-hydroxylation sites is 1. The molecule has 4 amide bonds. The molecule has 0 radical (unpaired) electrons. The molecular weight excluding hydrogens is 855 g/mol. The van der Waals surface area contributed by atoms with E-state index in [1.54, 1.807) is 35.0 Å². The number of aromatic carboxylic acids is 1. The molecule has 15 nitrogen and oxygen atoms in total. The maximum Gasteiger partial charge on any atom is 0.407 e. The summed E-state index contributed by atoms with van der Waals surface area (Å²) in [7, 11) is 1.72. The number of ether oxygens (including phenoxy) is 2. The lowest BCUT2D eigenvalue weighted by molar-refractivity contribution is -0.268. The number of urea groups is 1. The molecule has 0 bridgehead atoms. The monoisotopic (exact) mass is 912 g/mol. The predicted molar refractivity (Wildman–Crippen MR) is 245 cm³/mol. The Labute approximate surface area is 382 Å². The van der Waals surface area contributed by atoms with E-state index in [4.69, 9.17) is 14.6 Å². The number of aromatic nitrogens is 2. The van der Waals surface area contributed by atoms with Gasteiger partial charge in [-0.1, -0.05) is 98.5 Å². The van der Waals surface area contributed by atoms with Crippen molar-refractivity contribution >= 4 is 46.7 Å². The predicted octanol–water partition coefficient (Wildman–Crippen LogP) is 6.46. The number of benzene rings is 3. The minimum Gasteiger partial charge on any atom is -0.872 e. The third kappa shape index (κ3) is 17.0. The van der Waals surface area contributed by atoms with Crippen LogP contribution in [-0.2, 0) is 40.3 Å². The molecule has 0 unspecified atom stereocenters. The van der Waals surface area contributed by atoms with Crippen LogP contribution in [0.25, 0.3) is 0 Å². The van der Waals surface area contributed by atoms with Gasteiger partial charge in [0.25, 0.3) is 0 Å². The average Bonchev–Trinajstić information content (AvgIpc) is 4.01. The Morgan fingerprint density at radius 2 is 1.48 bits per heavy atom. The minimum atomic E-state index is -1.18. The molecule has 1 saturated heterocycles. The third-order valence-electron chi connectivity index (χ3n) is 10.4. The molecule has 4 N–H and O–H groups in total. The summed E-state index contributed by atoms with van der Waals surface area (Å²) >= 11 is 3.02. The van der Waals surface area contributed by atoms with E-state index in [1.165, 1.54) is 35.6 Å². The standard InChI is InChI=1S/C40H53N7O5S2.C7H6O3/c1-29(2)38-43-34(27-53-38)25-46(3)39(49)45-36(16-17-47-18-20-51-21-19-47)37(48)42-32(22-30-10-6-4-7-11-30)14-15-33(23-31-12-8-5-9-13-31)44-40(50)52-26-35-24-41-28-54-35;8-6-4-2-1-3-5(6)7(9)10/h4-13,24,27-29,32-33,36H,14-23,25-26H2,1-3H3,(H,42,48)(H,44,50)(H,45,49);1-4,8H,(H,9,10)/p-1/t32-,33-,36+;/m1./s1. The number of morpholine rings is 1. The van der Waals surface area contributed by atoms with Crippen LogP contribution in [0.4, 0.5) is 9.59 Å². The maximum absolute atomic E-state index is 14.2. The highest BCUT2D eigenvalue weighted by Gasteiger charge is 2.27. The van der Waals surface area contributed by atoms with E-state index in [-0.39, 0.29) is 36.2 Å². The Kier molecular flexibility index (Phi) is 20.0. The molecule has 1 aliphatic rings. The fourth-order valence-corrected chi connectivity index (χ4v) is 8.23.